The van der Waals surface area contributed by atoms with Gasteiger partial charge < -0.3 is 15.1 Å². The second-order valence-corrected chi connectivity index (χ2v) is 8.67. The van der Waals surface area contributed by atoms with Gasteiger partial charge in [-0.15, -0.1) is 11.3 Å². The molecule has 0 saturated carbocycles. The number of anilines is 2. The Balaban J connectivity index is 1.32. The van der Waals surface area contributed by atoms with E-state index in [9.17, 15) is 4.79 Å². The highest BCUT2D eigenvalue weighted by atomic mass is 32.1. The molecule has 0 radical (unpaired) electrons. The topological polar surface area (TPSA) is 66.3 Å². The first kappa shape index (κ1) is 20.4. The molecule has 1 N–H and O–H groups in total. The Morgan fingerprint density at radius 2 is 1.75 bits per heavy atom. The highest BCUT2D eigenvalue weighted by Gasteiger charge is 2.19. The number of carbonyl (C=O) groups excluding carboxylic acids is 1. The van der Waals surface area contributed by atoms with Gasteiger partial charge in [0.2, 0.25) is 0 Å². The summed E-state index contributed by atoms with van der Waals surface area (Å²) in [4.78, 5) is 22.2. The summed E-state index contributed by atoms with van der Waals surface area (Å²) in [7, 11) is 2.13. The Morgan fingerprint density at radius 1 is 1.00 bits per heavy atom. The van der Waals surface area contributed by atoms with E-state index in [2.05, 4.69) is 38.3 Å². The van der Waals surface area contributed by atoms with Crippen molar-refractivity contribution < 1.29 is 4.79 Å². The maximum atomic E-state index is 13.0. The van der Waals surface area contributed by atoms with Crippen molar-refractivity contribution in [1.82, 2.24) is 19.7 Å². The molecule has 0 spiro atoms. The molecule has 162 valence electrons. The molecule has 1 aliphatic heterocycles. The van der Waals surface area contributed by atoms with Gasteiger partial charge in [0.25, 0.3) is 5.91 Å². The molecule has 4 aromatic rings. The van der Waals surface area contributed by atoms with Crippen molar-refractivity contribution in [2.45, 2.75) is 0 Å². The van der Waals surface area contributed by atoms with E-state index in [1.54, 1.807) is 11.6 Å². The van der Waals surface area contributed by atoms with Crippen molar-refractivity contribution in [2.75, 3.05) is 43.4 Å². The van der Waals surface area contributed by atoms with Crippen LogP contribution in [0.5, 0.6) is 0 Å². The zero-order valence-corrected chi connectivity index (χ0v) is 18.6. The van der Waals surface area contributed by atoms with Crippen LogP contribution in [0.2, 0.25) is 0 Å². The van der Waals surface area contributed by atoms with E-state index in [1.165, 1.54) is 11.3 Å². The summed E-state index contributed by atoms with van der Waals surface area (Å²) in [5, 5.41) is 10.1. The third kappa shape index (κ3) is 4.28. The summed E-state index contributed by atoms with van der Waals surface area (Å²) in [6, 6.07) is 17.9. The number of hydrogen-bond donors (Lipinski definition) is 1. The van der Waals surface area contributed by atoms with Crippen LogP contribution in [0, 0.1) is 0 Å². The standard InChI is InChI=1S/C24H24N6OS/c1-28-11-13-29(14-12-28)22-10-6-5-9-20(22)26-23(31)21-17-32-24(27-21)18-15-25-30(16-18)19-7-3-2-4-8-19/h2-10,15-17H,11-14H2,1H3,(H,26,31). The van der Waals surface area contributed by atoms with Crippen LogP contribution in [-0.2, 0) is 0 Å². The van der Waals surface area contributed by atoms with Gasteiger partial charge in [0.1, 0.15) is 10.7 Å². The highest BCUT2D eigenvalue weighted by molar-refractivity contribution is 7.13. The summed E-state index contributed by atoms with van der Waals surface area (Å²) in [5.41, 5.74) is 4.14. The van der Waals surface area contributed by atoms with E-state index >= 15 is 0 Å². The van der Waals surface area contributed by atoms with Crippen LogP contribution in [0.1, 0.15) is 10.5 Å². The fourth-order valence-corrected chi connectivity index (χ4v) is 4.53. The van der Waals surface area contributed by atoms with Crippen LogP contribution >= 0.6 is 11.3 Å². The molecule has 0 bridgehead atoms. The van der Waals surface area contributed by atoms with Crippen molar-refractivity contribution in [3.63, 3.8) is 0 Å². The Kier molecular flexibility index (Phi) is 5.70. The first-order chi connectivity index (χ1) is 15.7. The largest absolute Gasteiger partial charge is 0.367 e. The number of piperazine rings is 1. The number of para-hydroxylation sites is 3. The van der Waals surface area contributed by atoms with Crippen LogP contribution in [0.4, 0.5) is 11.4 Å². The van der Waals surface area contributed by atoms with E-state index in [1.807, 2.05) is 59.4 Å². The number of likely N-dealkylation sites (N-methyl/N-ethyl adjacent to an activating group) is 1. The van der Waals surface area contributed by atoms with E-state index in [0.717, 1.165) is 53.8 Å². The Morgan fingerprint density at radius 3 is 2.56 bits per heavy atom. The summed E-state index contributed by atoms with van der Waals surface area (Å²) in [6.45, 7) is 3.90. The molecule has 0 unspecified atom stereocenters. The lowest BCUT2D eigenvalue weighted by atomic mass is 10.2. The fourth-order valence-electron chi connectivity index (χ4n) is 3.75. The number of hydrogen-bond acceptors (Lipinski definition) is 6. The number of aromatic nitrogens is 3. The van der Waals surface area contributed by atoms with Crippen LogP contribution < -0.4 is 10.2 Å². The molecule has 32 heavy (non-hydrogen) atoms. The monoisotopic (exact) mass is 444 g/mol. The maximum absolute atomic E-state index is 13.0. The lowest BCUT2D eigenvalue weighted by Gasteiger charge is -2.35. The summed E-state index contributed by atoms with van der Waals surface area (Å²) in [6.07, 6.45) is 3.70. The molecule has 8 heteroatoms. The number of carbonyl (C=O) groups is 1. The van der Waals surface area contributed by atoms with Gasteiger partial charge in [0, 0.05) is 43.3 Å². The number of amides is 1. The van der Waals surface area contributed by atoms with Crippen LogP contribution in [0.15, 0.2) is 72.4 Å². The fraction of sp³-hybridized carbons (Fsp3) is 0.208. The third-order valence-electron chi connectivity index (χ3n) is 5.58. The van der Waals surface area contributed by atoms with Gasteiger partial charge in [-0.25, -0.2) is 9.67 Å². The van der Waals surface area contributed by atoms with E-state index in [-0.39, 0.29) is 5.91 Å². The zero-order valence-electron chi connectivity index (χ0n) is 17.8. The predicted octanol–water partition coefficient (Wildman–Crippen LogP) is 4.00. The SMILES string of the molecule is CN1CCN(c2ccccc2NC(=O)c2csc(-c3cnn(-c4ccccc4)c3)n2)CC1. The quantitative estimate of drug-likeness (QED) is 0.504. The first-order valence-corrected chi connectivity index (χ1v) is 11.5. The number of nitrogens with zero attached hydrogens (tertiary/aromatic N) is 5. The average Bonchev–Trinajstić information content (AvgIpc) is 3.51. The van der Waals surface area contributed by atoms with Crippen LogP contribution in [0.3, 0.4) is 0 Å². The van der Waals surface area contributed by atoms with Gasteiger partial charge in [-0.1, -0.05) is 30.3 Å². The van der Waals surface area contributed by atoms with Gasteiger partial charge in [-0.3, -0.25) is 4.79 Å². The zero-order chi connectivity index (χ0) is 21.9. The van der Waals surface area contributed by atoms with Crippen molar-refractivity contribution in [3.8, 4) is 16.3 Å². The predicted molar refractivity (Wildman–Crippen MR) is 129 cm³/mol. The summed E-state index contributed by atoms with van der Waals surface area (Å²) < 4.78 is 1.81. The van der Waals surface area contributed by atoms with Crippen LogP contribution in [-0.4, -0.2) is 58.8 Å². The van der Waals surface area contributed by atoms with Gasteiger partial charge in [-0.2, -0.15) is 5.10 Å². The number of nitrogens with one attached hydrogen (secondary N) is 1. The molecule has 2 aromatic heterocycles. The highest BCUT2D eigenvalue weighted by Crippen LogP contribution is 2.28. The molecular weight excluding hydrogens is 420 g/mol. The minimum Gasteiger partial charge on any atom is -0.367 e. The normalized spacial score (nSPS) is 14.5. The van der Waals surface area contributed by atoms with Gasteiger partial charge in [0.05, 0.1) is 23.3 Å². The van der Waals surface area contributed by atoms with Gasteiger partial charge in [-0.05, 0) is 31.3 Å². The smallest absolute Gasteiger partial charge is 0.275 e. The minimum absolute atomic E-state index is 0.204. The van der Waals surface area contributed by atoms with Crippen molar-refractivity contribution in [1.29, 1.82) is 0 Å². The summed E-state index contributed by atoms with van der Waals surface area (Å²) in [5.74, 6) is -0.204. The molecule has 5 rings (SSSR count). The maximum Gasteiger partial charge on any atom is 0.275 e. The Bertz CT molecular complexity index is 1210. The van der Waals surface area contributed by atoms with E-state index in [4.69, 9.17) is 0 Å². The molecular formula is C24H24N6OS. The van der Waals surface area contributed by atoms with E-state index < -0.39 is 0 Å². The van der Waals surface area contributed by atoms with Crippen molar-refractivity contribution in [3.05, 3.63) is 78.1 Å². The number of rotatable bonds is 5. The van der Waals surface area contributed by atoms with Crippen molar-refractivity contribution in [2.24, 2.45) is 0 Å². The molecule has 2 aromatic carbocycles. The summed E-state index contributed by atoms with van der Waals surface area (Å²) >= 11 is 1.44. The molecule has 0 atom stereocenters. The molecule has 3 heterocycles. The second kappa shape index (κ2) is 8.94. The number of thiazole rings is 1. The average molecular weight is 445 g/mol. The molecule has 1 saturated heterocycles. The molecule has 7 nitrogen and oxygen atoms in total. The lowest BCUT2D eigenvalue weighted by Crippen LogP contribution is -2.44. The minimum atomic E-state index is -0.204. The first-order valence-electron chi connectivity index (χ1n) is 10.6. The molecule has 1 amide bonds. The lowest BCUT2D eigenvalue weighted by molar-refractivity contribution is 0.102. The van der Waals surface area contributed by atoms with Gasteiger partial charge in [0.15, 0.2) is 0 Å². The third-order valence-corrected chi connectivity index (χ3v) is 6.47. The van der Waals surface area contributed by atoms with Gasteiger partial charge >= 0.3 is 0 Å². The second-order valence-electron chi connectivity index (χ2n) is 7.81. The number of benzene rings is 2. The Hall–Kier alpha value is -3.49. The van der Waals surface area contributed by atoms with E-state index in [0.29, 0.717) is 5.69 Å². The van der Waals surface area contributed by atoms with Crippen LogP contribution in [0.25, 0.3) is 16.3 Å². The Labute approximate surface area is 190 Å². The molecule has 0 aliphatic carbocycles. The molecule has 1 fully saturated rings. The molecule has 1 aliphatic rings. The van der Waals surface area contributed by atoms with Crippen molar-refractivity contribution >= 4 is 28.6 Å².